The lowest BCUT2D eigenvalue weighted by Gasteiger charge is -2.34. The van der Waals surface area contributed by atoms with Crippen LogP contribution in [0.15, 0.2) is 0 Å². The summed E-state index contributed by atoms with van der Waals surface area (Å²) in [7, 11) is 0. The first-order valence-corrected chi connectivity index (χ1v) is 9.27. The molecule has 5 heteroatoms. The summed E-state index contributed by atoms with van der Waals surface area (Å²) in [4.78, 5) is 22.6. The minimum absolute atomic E-state index is 0.0980. The molecule has 132 valence electrons. The topological polar surface area (TPSA) is 67.4 Å². The first kappa shape index (κ1) is 18.1. The van der Waals surface area contributed by atoms with Crippen molar-refractivity contribution in [2.24, 2.45) is 11.8 Å². The molecule has 0 aromatic rings. The Morgan fingerprint density at radius 1 is 0.870 bits per heavy atom. The number of nitrogens with one attached hydrogen (secondary N) is 2. The van der Waals surface area contributed by atoms with E-state index in [1.807, 2.05) is 6.92 Å². The van der Waals surface area contributed by atoms with Crippen molar-refractivity contribution < 1.29 is 14.3 Å². The van der Waals surface area contributed by atoms with Gasteiger partial charge in [0.15, 0.2) is 0 Å². The number of carbonyl (C=O) groups is 2. The van der Waals surface area contributed by atoms with Crippen LogP contribution in [0.2, 0.25) is 0 Å². The van der Waals surface area contributed by atoms with Gasteiger partial charge < -0.3 is 15.4 Å². The second-order valence-electron chi connectivity index (χ2n) is 7.24. The first-order chi connectivity index (χ1) is 11.1. The van der Waals surface area contributed by atoms with Gasteiger partial charge in [0.25, 0.3) is 0 Å². The lowest BCUT2D eigenvalue weighted by Crippen LogP contribution is -2.38. The average Bonchev–Trinajstić information content (AvgIpc) is 2.51. The van der Waals surface area contributed by atoms with E-state index >= 15 is 0 Å². The molecule has 0 spiro atoms. The zero-order valence-electron chi connectivity index (χ0n) is 14.6. The zero-order valence-corrected chi connectivity index (χ0v) is 14.6. The van der Waals surface area contributed by atoms with Crippen LogP contribution in [0.25, 0.3) is 0 Å². The lowest BCUT2D eigenvalue weighted by atomic mass is 9.75. The monoisotopic (exact) mass is 324 g/mol. The van der Waals surface area contributed by atoms with Gasteiger partial charge >= 0.3 is 6.09 Å². The third-order valence-electron chi connectivity index (χ3n) is 5.36. The highest BCUT2D eigenvalue weighted by atomic mass is 16.5. The molecule has 2 rings (SSSR count). The highest BCUT2D eigenvalue weighted by Gasteiger charge is 2.27. The Morgan fingerprint density at radius 3 is 1.78 bits per heavy atom. The molecule has 0 bridgehead atoms. The second-order valence-corrected chi connectivity index (χ2v) is 7.24. The Balaban J connectivity index is 1.61. The number of amides is 2. The van der Waals surface area contributed by atoms with Gasteiger partial charge in [-0.2, -0.15) is 0 Å². The molecule has 0 unspecified atom stereocenters. The van der Waals surface area contributed by atoms with Gasteiger partial charge in [-0.15, -0.1) is 0 Å². The van der Waals surface area contributed by atoms with E-state index in [9.17, 15) is 9.59 Å². The lowest BCUT2D eigenvalue weighted by molar-refractivity contribution is -0.119. The van der Waals surface area contributed by atoms with Crippen LogP contribution in [-0.4, -0.2) is 30.7 Å². The summed E-state index contributed by atoms with van der Waals surface area (Å²) < 4.78 is 4.95. The maximum atomic E-state index is 11.5. The Bertz CT molecular complexity index is 384. The molecule has 0 aromatic carbocycles. The van der Waals surface area contributed by atoms with E-state index in [0.717, 1.165) is 37.5 Å². The van der Waals surface area contributed by atoms with Gasteiger partial charge in [-0.1, -0.05) is 0 Å². The van der Waals surface area contributed by atoms with E-state index < -0.39 is 0 Å². The van der Waals surface area contributed by atoms with Gasteiger partial charge in [0.2, 0.25) is 5.91 Å². The molecule has 2 amide bonds. The number of hydrogen-bond donors (Lipinski definition) is 2. The average molecular weight is 324 g/mol. The fourth-order valence-electron chi connectivity index (χ4n) is 4.18. The molecule has 0 aliphatic heterocycles. The van der Waals surface area contributed by atoms with Gasteiger partial charge in [-0.25, -0.2) is 4.79 Å². The van der Waals surface area contributed by atoms with Crippen molar-refractivity contribution in [1.82, 2.24) is 10.6 Å². The molecule has 0 saturated heterocycles. The highest BCUT2D eigenvalue weighted by Crippen LogP contribution is 2.35. The minimum Gasteiger partial charge on any atom is -0.450 e. The molecule has 23 heavy (non-hydrogen) atoms. The van der Waals surface area contributed by atoms with Crippen LogP contribution >= 0.6 is 0 Å². The third-order valence-corrected chi connectivity index (χ3v) is 5.36. The van der Waals surface area contributed by atoms with Gasteiger partial charge in [-0.3, -0.25) is 4.79 Å². The fourth-order valence-corrected chi connectivity index (χ4v) is 4.18. The van der Waals surface area contributed by atoms with Crippen LogP contribution in [0.4, 0.5) is 4.79 Å². The number of alkyl carbamates (subject to hydrolysis) is 1. The van der Waals surface area contributed by atoms with Crippen LogP contribution < -0.4 is 10.6 Å². The number of carbonyl (C=O) groups excluding carboxylic acids is 2. The first-order valence-electron chi connectivity index (χ1n) is 9.27. The van der Waals surface area contributed by atoms with Gasteiger partial charge in [0.1, 0.15) is 0 Å². The summed E-state index contributed by atoms with van der Waals surface area (Å²) in [5, 5.41) is 6.02. The van der Waals surface area contributed by atoms with Crippen molar-refractivity contribution in [3.8, 4) is 0 Å². The molecule has 2 fully saturated rings. The van der Waals surface area contributed by atoms with E-state index in [0.29, 0.717) is 18.7 Å². The van der Waals surface area contributed by atoms with Crippen LogP contribution in [0.1, 0.15) is 71.6 Å². The fraction of sp³-hybridized carbons (Fsp3) is 0.889. The Morgan fingerprint density at radius 2 is 1.35 bits per heavy atom. The normalized spacial score (nSPS) is 31.2. The summed E-state index contributed by atoms with van der Waals surface area (Å²) in [5.41, 5.74) is 0. The largest absolute Gasteiger partial charge is 0.450 e. The molecule has 5 nitrogen and oxygen atoms in total. The standard InChI is InChI=1S/C18H32N2O3/c1-3-23-18(22)20-17-10-6-15(7-11-17)12-14-4-8-16(9-5-14)19-13(2)21/h14-17H,3-12H2,1-2H3,(H,19,21)(H,20,22). The molecular formula is C18H32N2O3. The smallest absolute Gasteiger partial charge is 0.407 e. The van der Waals surface area contributed by atoms with E-state index in [2.05, 4.69) is 10.6 Å². The number of hydrogen-bond acceptors (Lipinski definition) is 3. The minimum atomic E-state index is -0.271. The summed E-state index contributed by atoms with van der Waals surface area (Å²) in [6.07, 6.45) is 10.4. The Kier molecular flexibility index (Phi) is 7.18. The summed E-state index contributed by atoms with van der Waals surface area (Å²) in [5.74, 6) is 1.72. The van der Waals surface area contributed by atoms with Crippen molar-refractivity contribution in [2.45, 2.75) is 83.7 Å². The van der Waals surface area contributed by atoms with E-state index in [1.54, 1.807) is 6.92 Å². The van der Waals surface area contributed by atoms with E-state index in [-0.39, 0.29) is 12.0 Å². The summed E-state index contributed by atoms with van der Waals surface area (Å²) >= 11 is 0. The third kappa shape index (κ3) is 6.40. The molecular weight excluding hydrogens is 292 g/mol. The van der Waals surface area contributed by atoms with Crippen molar-refractivity contribution in [1.29, 1.82) is 0 Å². The molecule has 2 aliphatic carbocycles. The maximum absolute atomic E-state index is 11.5. The van der Waals surface area contributed by atoms with Crippen molar-refractivity contribution in [2.75, 3.05) is 6.61 Å². The van der Waals surface area contributed by atoms with Gasteiger partial charge in [-0.05, 0) is 76.5 Å². The molecule has 2 N–H and O–H groups in total. The Labute approximate surface area is 139 Å². The van der Waals surface area contributed by atoms with Crippen molar-refractivity contribution in [3.63, 3.8) is 0 Å². The second kappa shape index (κ2) is 9.14. The zero-order chi connectivity index (χ0) is 16.7. The maximum Gasteiger partial charge on any atom is 0.407 e. The SMILES string of the molecule is CCOC(=O)NC1CCC(CC2CCC(NC(C)=O)CC2)CC1. The molecule has 0 atom stereocenters. The molecule has 2 aliphatic rings. The predicted octanol–water partition coefficient (Wildman–Crippen LogP) is 3.38. The quantitative estimate of drug-likeness (QED) is 0.814. The molecule has 0 radical (unpaired) electrons. The molecule has 0 heterocycles. The number of rotatable bonds is 5. The Hall–Kier alpha value is -1.26. The van der Waals surface area contributed by atoms with Crippen LogP contribution in [-0.2, 0) is 9.53 Å². The van der Waals surface area contributed by atoms with Crippen molar-refractivity contribution in [3.05, 3.63) is 0 Å². The summed E-state index contributed by atoms with van der Waals surface area (Å²) in [6.45, 7) is 3.87. The van der Waals surface area contributed by atoms with Gasteiger partial charge in [0.05, 0.1) is 6.61 Å². The van der Waals surface area contributed by atoms with Crippen molar-refractivity contribution >= 4 is 12.0 Å². The van der Waals surface area contributed by atoms with Crippen LogP contribution in [0.3, 0.4) is 0 Å². The highest BCUT2D eigenvalue weighted by molar-refractivity contribution is 5.73. The number of ether oxygens (including phenoxy) is 1. The predicted molar refractivity (Wildman–Crippen MR) is 90.1 cm³/mol. The van der Waals surface area contributed by atoms with Gasteiger partial charge in [0, 0.05) is 19.0 Å². The van der Waals surface area contributed by atoms with E-state index in [1.165, 1.54) is 32.1 Å². The van der Waals surface area contributed by atoms with Crippen LogP contribution in [0, 0.1) is 11.8 Å². The van der Waals surface area contributed by atoms with Crippen LogP contribution in [0.5, 0.6) is 0 Å². The molecule has 2 saturated carbocycles. The summed E-state index contributed by atoms with van der Waals surface area (Å²) in [6, 6.07) is 0.689. The van der Waals surface area contributed by atoms with E-state index in [4.69, 9.17) is 4.74 Å². The molecule has 0 aromatic heterocycles.